The molecule has 0 radical (unpaired) electrons. The summed E-state index contributed by atoms with van der Waals surface area (Å²) >= 11 is 12.1. The van der Waals surface area contributed by atoms with Gasteiger partial charge in [-0.3, -0.25) is 10.1 Å². The summed E-state index contributed by atoms with van der Waals surface area (Å²) in [5.41, 5.74) is 1.45. The van der Waals surface area contributed by atoms with E-state index in [1.807, 2.05) is 0 Å². The number of nitro benzene ring substituents is 1. The van der Waals surface area contributed by atoms with Gasteiger partial charge in [-0.15, -0.1) is 0 Å². The van der Waals surface area contributed by atoms with Gasteiger partial charge in [0.25, 0.3) is 5.69 Å². The average molecular weight is 311 g/mol. The van der Waals surface area contributed by atoms with Gasteiger partial charge in [0.15, 0.2) is 0 Å². The zero-order valence-corrected chi connectivity index (χ0v) is 12.0. The molecule has 0 amide bonds. The van der Waals surface area contributed by atoms with Crippen molar-refractivity contribution >= 4 is 34.6 Å². The van der Waals surface area contributed by atoms with Crippen LogP contribution in [-0.4, -0.2) is 11.5 Å². The minimum Gasteiger partial charge on any atom is -0.382 e. The summed E-state index contributed by atoms with van der Waals surface area (Å²) in [6, 6.07) is 11.9. The van der Waals surface area contributed by atoms with E-state index in [9.17, 15) is 10.1 Å². The van der Waals surface area contributed by atoms with Crippen LogP contribution in [0, 0.1) is 10.1 Å². The first-order chi connectivity index (χ1) is 9.59. The highest BCUT2D eigenvalue weighted by atomic mass is 35.5. The van der Waals surface area contributed by atoms with Crippen molar-refractivity contribution in [3.63, 3.8) is 0 Å². The van der Waals surface area contributed by atoms with Crippen LogP contribution in [-0.2, 0) is 6.42 Å². The zero-order chi connectivity index (χ0) is 14.5. The fourth-order valence-electron chi connectivity index (χ4n) is 1.89. The summed E-state index contributed by atoms with van der Waals surface area (Å²) in [6.45, 7) is 0.508. The van der Waals surface area contributed by atoms with Gasteiger partial charge in [-0.25, -0.2) is 0 Å². The Morgan fingerprint density at radius 2 is 1.70 bits per heavy atom. The quantitative estimate of drug-likeness (QED) is 0.650. The molecule has 0 aliphatic rings. The zero-order valence-electron chi connectivity index (χ0n) is 10.5. The maximum absolute atomic E-state index is 10.9. The van der Waals surface area contributed by atoms with Gasteiger partial charge in [0.05, 0.1) is 20.7 Å². The van der Waals surface area contributed by atoms with Crippen LogP contribution < -0.4 is 5.32 Å². The second-order valence-corrected chi connectivity index (χ2v) is 4.97. The summed E-state index contributed by atoms with van der Waals surface area (Å²) < 4.78 is 0. The van der Waals surface area contributed by atoms with E-state index < -0.39 is 0 Å². The molecule has 104 valence electrons. The highest BCUT2D eigenvalue weighted by Gasteiger charge is 2.12. The minimum atomic E-state index is -0.377. The molecule has 0 bridgehead atoms. The molecule has 4 nitrogen and oxygen atoms in total. The van der Waals surface area contributed by atoms with Gasteiger partial charge in [-0.1, -0.05) is 47.5 Å². The van der Waals surface area contributed by atoms with Crippen molar-refractivity contribution in [1.82, 2.24) is 0 Å². The predicted molar refractivity (Wildman–Crippen MR) is 81.8 cm³/mol. The number of para-hydroxylation sites is 2. The van der Waals surface area contributed by atoms with Crippen LogP contribution >= 0.6 is 23.2 Å². The van der Waals surface area contributed by atoms with E-state index in [0.29, 0.717) is 34.3 Å². The first-order valence-electron chi connectivity index (χ1n) is 6.00. The molecule has 0 saturated heterocycles. The third kappa shape index (κ3) is 3.40. The number of nitro groups is 1. The van der Waals surface area contributed by atoms with E-state index in [-0.39, 0.29) is 10.6 Å². The molecule has 0 aliphatic carbocycles. The second-order valence-electron chi connectivity index (χ2n) is 4.16. The van der Waals surface area contributed by atoms with Crippen molar-refractivity contribution in [2.45, 2.75) is 6.42 Å². The second kappa shape index (κ2) is 6.59. The molecule has 0 spiro atoms. The van der Waals surface area contributed by atoms with Gasteiger partial charge in [0.2, 0.25) is 0 Å². The summed E-state index contributed by atoms with van der Waals surface area (Å²) in [6.07, 6.45) is 0.513. The maximum Gasteiger partial charge on any atom is 0.272 e. The highest BCUT2D eigenvalue weighted by Crippen LogP contribution is 2.29. The Morgan fingerprint density at radius 3 is 2.35 bits per heavy atom. The number of nitrogens with zero attached hydrogens (tertiary/aromatic N) is 1. The molecule has 0 saturated carbocycles. The van der Waals surface area contributed by atoms with Crippen LogP contribution in [0.15, 0.2) is 42.5 Å². The Bertz CT molecular complexity index is 612. The number of hydrogen-bond acceptors (Lipinski definition) is 3. The minimum absolute atomic E-state index is 0.125. The Hall–Kier alpha value is -1.78. The number of hydrogen-bond donors (Lipinski definition) is 1. The summed E-state index contributed by atoms with van der Waals surface area (Å²) in [5.74, 6) is 0. The van der Waals surface area contributed by atoms with Gasteiger partial charge in [-0.2, -0.15) is 0 Å². The third-order valence-electron chi connectivity index (χ3n) is 2.85. The van der Waals surface area contributed by atoms with Crippen LogP contribution in [0.4, 0.5) is 11.4 Å². The van der Waals surface area contributed by atoms with E-state index in [1.165, 1.54) is 6.07 Å². The molecule has 2 aromatic carbocycles. The molecular formula is C14H12Cl2N2O2. The van der Waals surface area contributed by atoms with Crippen molar-refractivity contribution in [3.05, 3.63) is 68.2 Å². The van der Waals surface area contributed by atoms with Gasteiger partial charge in [-0.05, 0) is 18.6 Å². The van der Waals surface area contributed by atoms with Crippen LogP contribution in [0.5, 0.6) is 0 Å². The molecule has 2 rings (SSSR count). The van der Waals surface area contributed by atoms with E-state index in [1.54, 1.807) is 36.4 Å². The monoisotopic (exact) mass is 310 g/mol. The number of anilines is 1. The first kappa shape index (κ1) is 14.6. The van der Waals surface area contributed by atoms with Crippen molar-refractivity contribution in [3.8, 4) is 0 Å². The van der Waals surface area contributed by atoms with E-state index in [4.69, 9.17) is 23.2 Å². The van der Waals surface area contributed by atoms with Gasteiger partial charge < -0.3 is 5.32 Å². The van der Waals surface area contributed by atoms with Gasteiger partial charge >= 0.3 is 0 Å². The van der Waals surface area contributed by atoms with Crippen molar-refractivity contribution in [2.75, 3.05) is 11.9 Å². The van der Waals surface area contributed by atoms with Crippen molar-refractivity contribution in [1.29, 1.82) is 0 Å². The average Bonchev–Trinajstić information content (AvgIpc) is 2.42. The normalized spacial score (nSPS) is 10.3. The molecule has 0 fully saturated rings. The Kier molecular flexibility index (Phi) is 4.82. The van der Waals surface area contributed by atoms with Crippen LogP contribution in [0.25, 0.3) is 0 Å². The molecular weight excluding hydrogens is 299 g/mol. The number of nitrogens with one attached hydrogen (secondary N) is 1. The fourth-order valence-corrected chi connectivity index (χ4v) is 2.42. The number of rotatable bonds is 5. The molecule has 2 aromatic rings. The lowest BCUT2D eigenvalue weighted by atomic mass is 10.1. The molecule has 20 heavy (non-hydrogen) atoms. The van der Waals surface area contributed by atoms with E-state index in [2.05, 4.69) is 5.32 Å². The SMILES string of the molecule is O=[N+]([O-])c1ccccc1CCNc1c(Cl)cccc1Cl. The lowest BCUT2D eigenvalue weighted by Crippen LogP contribution is -2.07. The topological polar surface area (TPSA) is 55.2 Å². The molecule has 0 aromatic heterocycles. The Labute approximate surface area is 126 Å². The standard InChI is InChI=1S/C14H12Cl2N2O2/c15-11-5-3-6-12(16)14(11)17-9-8-10-4-1-2-7-13(10)18(19)20/h1-7,17H,8-9H2. The third-order valence-corrected chi connectivity index (χ3v) is 3.48. The van der Waals surface area contributed by atoms with Crippen LogP contribution in [0.2, 0.25) is 10.0 Å². The van der Waals surface area contributed by atoms with Gasteiger partial charge in [0.1, 0.15) is 0 Å². The Morgan fingerprint density at radius 1 is 1.05 bits per heavy atom. The number of halogens is 2. The van der Waals surface area contributed by atoms with E-state index >= 15 is 0 Å². The molecule has 1 N–H and O–H groups in total. The highest BCUT2D eigenvalue weighted by molar-refractivity contribution is 6.39. The summed E-state index contributed by atoms with van der Waals surface area (Å²) in [7, 11) is 0. The maximum atomic E-state index is 10.9. The van der Waals surface area contributed by atoms with Crippen molar-refractivity contribution < 1.29 is 4.92 Å². The fraction of sp³-hybridized carbons (Fsp3) is 0.143. The largest absolute Gasteiger partial charge is 0.382 e. The molecule has 0 heterocycles. The predicted octanol–water partition coefficient (Wildman–Crippen LogP) is 4.56. The van der Waals surface area contributed by atoms with Crippen LogP contribution in [0.1, 0.15) is 5.56 Å². The number of benzene rings is 2. The molecule has 6 heteroatoms. The van der Waals surface area contributed by atoms with Crippen LogP contribution in [0.3, 0.4) is 0 Å². The Balaban J connectivity index is 2.05. The van der Waals surface area contributed by atoms with Crippen molar-refractivity contribution in [2.24, 2.45) is 0 Å². The lowest BCUT2D eigenvalue weighted by molar-refractivity contribution is -0.385. The molecule has 0 aliphatic heterocycles. The smallest absolute Gasteiger partial charge is 0.272 e. The molecule has 0 unspecified atom stereocenters. The van der Waals surface area contributed by atoms with E-state index in [0.717, 1.165) is 0 Å². The molecule has 0 atom stereocenters. The summed E-state index contributed by atoms with van der Waals surface area (Å²) in [5, 5.41) is 15.1. The summed E-state index contributed by atoms with van der Waals surface area (Å²) in [4.78, 5) is 10.5. The first-order valence-corrected chi connectivity index (χ1v) is 6.75. The lowest BCUT2D eigenvalue weighted by Gasteiger charge is -2.10. The van der Waals surface area contributed by atoms with Gasteiger partial charge in [0, 0.05) is 18.2 Å².